The summed E-state index contributed by atoms with van der Waals surface area (Å²) in [5, 5.41) is 0. The van der Waals surface area contributed by atoms with Gasteiger partial charge in [0, 0.05) is 5.56 Å². The monoisotopic (exact) mass is 621 g/mol. The average molecular weight is 622 g/mol. The highest BCUT2D eigenvalue weighted by molar-refractivity contribution is 7.93. The molecule has 2 N–H and O–H groups in total. The first kappa shape index (κ1) is 32.7. The predicted octanol–water partition coefficient (Wildman–Crippen LogP) is 9.97. The van der Waals surface area contributed by atoms with Gasteiger partial charge in [0.2, 0.25) is 15.7 Å². The Hall–Kier alpha value is -3.70. The largest absolute Gasteiger partial charge is 0.369 e. The van der Waals surface area contributed by atoms with Gasteiger partial charge in [-0.25, -0.2) is 8.42 Å². The maximum absolute atomic E-state index is 14.3. The number of hydrogen-bond donors (Lipinski definition) is 1. The predicted molar refractivity (Wildman–Crippen MR) is 187 cm³/mol. The van der Waals surface area contributed by atoms with Crippen molar-refractivity contribution in [1.82, 2.24) is 0 Å². The molecule has 0 spiro atoms. The van der Waals surface area contributed by atoms with Crippen LogP contribution >= 0.6 is 0 Å². The summed E-state index contributed by atoms with van der Waals surface area (Å²) in [5.74, 6) is -0.306. The normalized spacial score (nSPS) is 13.6. The van der Waals surface area contributed by atoms with E-state index >= 15 is 0 Å². The molecule has 2 aliphatic heterocycles. The number of benzene rings is 4. The van der Waals surface area contributed by atoms with E-state index in [0.717, 1.165) is 72.3 Å². The summed E-state index contributed by atoms with van der Waals surface area (Å²) in [4.78, 5) is 13.5. The Balaban J connectivity index is 2.09. The first-order valence-electron chi connectivity index (χ1n) is 16.2. The summed E-state index contributed by atoms with van der Waals surface area (Å²) in [7, 11) is -3.64. The van der Waals surface area contributed by atoms with Crippen molar-refractivity contribution in [3.8, 4) is 33.4 Å². The number of primary amides is 1. The summed E-state index contributed by atoms with van der Waals surface area (Å²) in [6.07, 6.45) is 0.134. The van der Waals surface area contributed by atoms with Crippen LogP contribution in [0.5, 0.6) is 0 Å². The number of nitrogens with two attached hydrogens (primary N) is 1. The van der Waals surface area contributed by atoms with Crippen molar-refractivity contribution < 1.29 is 13.2 Å². The van der Waals surface area contributed by atoms with Crippen LogP contribution in [0.15, 0.2) is 64.4 Å². The molecule has 0 atom stereocenters. The standard InChI is InChI=1S/C40H47NO3S/c1-21(2)29-19-30(27-15-11-13-25(9)17-27)37(33(22(3)4)31(29)20-32(41)42)38-34(23(5)6)39-36(28-16-12-14-26(10)18-28)40(45(39,43)44)35(38)24(7)8/h11-19,21-24H,20H2,1-10H3,(H2,41,42). The van der Waals surface area contributed by atoms with Gasteiger partial charge in [-0.1, -0.05) is 115 Å². The van der Waals surface area contributed by atoms with Gasteiger partial charge in [0.1, 0.15) is 0 Å². The molecule has 0 saturated heterocycles. The second-order valence-electron chi connectivity index (χ2n) is 14.0. The SMILES string of the molecule is Cc1cccc(-c2cc(C(C)C)c(CC(N)=O)c(C(C)C)c2-c2c(C(C)C)c3c(-c4cccc(C)c4)c(c2C(C)C)S3(=O)=O)c1. The Kier molecular flexibility index (Phi) is 8.65. The third-order valence-electron chi connectivity index (χ3n) is 9.12. The number of carbonyl (C=O) groups is 1. The summed E-state index contributed by atoms with van der Waals surface area (Å²) < 4.78 is 28.5. The van der Waals surface area contributed by atoms with Crippen molar-refractivity contribution >= 4 is 15.7 Å². The van der Waals surface area contributed by atoms with Crippen molar-refractivity contribution in [1.29, 1.82) is 0 Å². The lowest BCUT2D eigenvalue weighted by atomic mass is 9.73. The third-order valence-corrected chi connectivity index (χ3v) is 11.0. The third kappa shape index (κ3) is 5.43. The molecule has 0 fully saturated rings. The number of fused-ring (bicyclic) bond motifs is 2. The van der Waals surface area contributed by atoms with E-state index in [-0.39, 0.29) is 36.0 Å². The lowest BCUT2D eigenvalue weighted by Crippen LogP contribution is -2.26. The van der Waals surface area contributed by atoms with Gasteiger partial charge in [-0.2, -0.15) is 0 Å². The van der Waals surface area contributed by atoms with Crippen molar-refractivity contribution in [2.24, 2.45) is 5.73 Å². The van der Waals surface area contributed by atoms with Gasteiger partial charge in [0.05, 0.1) is 16.2 Å². The fraction of sp³-hybridized carbons (Fsp3) is 0.375. The van der Waals surface area contributed by atoms with Crippen LogP contribution < -0.4 is 5.73 Å². The van der Waals surface area contributed by atoms with Gasteiger partial charge >= 0.3 is 0 Å². The van der Waals surface area contributed by atoms with Crippen molar-refractivity contribution in [3.05, 3.63) is 93.5 Å². The molecule has 0 aliphatic carbocycles. The minimum atomic E-state index is -3.64. The van der Waals surface area contributed by atoms with E-state index in [2.05, 4.69) is 98.7 Å². The van der Waals surface area contributed by atoms with Gasteiger partial charge in [-0.05, 0) is 99.2 Å². The maximum atomic E-state index is 14.3. The highest BCUT2D eigenvalue weighted by Crippen LogP contribution is 2.60. The number of sulfone groups is 1. The van der Waals surface area contributed by atoms with Gasteiger partial charge in [-0.15, -0.1) is 0 Å². The number of carbonyl (C=O) groups excluding carboxylic acids is 1. The summed E-state index contributed by atoms with van der Waals surface area (Å²) in [5.41, 5.74) is 19.0. The fourth-order valence-corrected chi connectivity index (χ4v) is 9.67. The Morgan fingerprint density at radius 1 is 0.644 bits per heavy atom. The lowest BCUT2D eigenvalue weighted by molar-refractivity contribution is -0.117. The van der Waals surface area contributed by atoms with Crippen LogP contribution in [-0.4, -0.2) is 14.3 Å². The number of rotatable bonds is 9. The van der Waals surface area contributed by atoms with Crippen LogP contribution in [0, 0.1) is 13.8 Å². The highest BCUT2D eigenvalue weighted by atomic mass is 32.2. The summed E-state index contributed by atoms with van der Waals surface area (Å²) >= 11 is 0. The molecular formula is C40H47NO3S. The van der Waals surface area contributed by atoms with E-state index in [1.54, 1.807) is 0 Å². The molecule has 0 saturated carbocycles. The van der Waals surface area contributed by atoms with Crippen LogP contribution in [0.4, 0.5) is 0 Å². The molecule has 4 nitrogen and oxygen atoms in total. The molecule has 1 amide bonds. The average Bonchev–Trinajstić information content (AvgIpc) is 2.94. The molecule has 2 bridgehead atoms. The first-order chi connectivity index (χ1) is 21.1. The second kappa shape index (κ2) is 11.9. The van der Waals surface area contributed by atoms with Gasteiger partial charge in [0.15, 0.2) is 0 Å². The van der Waals surface area contributed by atoms with E-state index < -0.39 is 9.84 Å². The summed E-state index contributed by atoms with van der Waals surface area (Å²) in [6, 6.07) is 18.9. The maximum Gasteiger partial charge on any atom is 0.221 e. The van der Waals surface area contributed by atoms with E-state index in [9.17, 15) is 13.2 Å². The molecular weight excluding hydrogens is 575 g/mol. The zero-order valence-corrected chi connectivity index (χ0v) is 29.2. The second-order valence-corrected chi connectivity index (χ2v) is 15.8. The first-order valence-corrected chi connectivity index (χ1v) is 17.7. The van der Waals surface area contributed by atoms with E-state index in [1.165, 1.54) is 0 Å². The minimum absolute atomic E-state index is 0.0519. The van der Waals surface area contributed by atoms with Crippen molar-refractivity contribution in [3.63, 3.8) is 0 Å². The molecule has 0 aromatic heterocycles. The number of aryl methyl sites for hydroxylation is 2. The molecule has 4 aromatic rings. The quantitative estimate of drug-likeness (QED) is 0.178. The Bertz CT molecular complexity index is 1900. The molecule has 0 unspecified atom stereocenters. The minimum Gasteiger partial charge on any atom is -0.369 e. The van der Waals surface area contributed by atoms with Crippen molar-refractivity contribution in [2.75, 3.05) is 0 Å². The zero-order chi connectivity index (χ0) is 33.1. The molecule has 6 rings (SSSR count). The number of hydrogen-bond acceptors (Lipinski definition) is 3. The fourth-order valence-electron chi connectivity index (χ4n) is 7.39. The Morgan fingerprint density at radius 3 is 1.58 bits per heavy atom. The smallest absolute Gasteiger partial charge is 0.221 e. The van der Waals surface area contributed by atoms with Crippen LogP contribution in [-0.2, 0) is 21.1 Å². The molecule has 236 valence electrons. The van der Waals surface area contributed by atoms with E-state index in [1.807, 2.05) is 25.1 Å². The number of amides is 1. The van der Waals surface area contributed by atoms with E-state index in [4.69, 9.17) is 5.73 Å². The van der Waals surface area contributed by atoms with Crippen LogP contribution in [0.1, 0.15) is 118 Å². The molecule has 4 aromatic carbocycles. The molecule has 2 aliphatic rings. The Labute approximate surface area is 270 Å². The zero-order valence-electron chi connectivity index (χ0n) is 28.4. The van der Waals surface area contributed by atoms with Gasteiger partial charge in [-0.3, -0.25) is 4.79 Å². The molecule has 45 heavy (non-hydrogen) atoms. The topological polar surface area (TPSA) is 77.2 Å². The molecule has 2 heterocycles. The van der Waals surface area contributed by atoms with Gasteiger partial charge < -0.3 is 5.73 Å². The van der Waals surface area contributed by atoms with E-state index in [0.29, 0.717) is 9.79 Å². The lowest BCUT2D eigenvalue weighted by Gasteiger charge is -2.38. The van der Waals surface area contributed by atoms with Crippen LogP contribution in [0.3, 0.4) is 0 Å². The summed E-state index contributed by atoms with van der Waals surface area (Å²) in [6.45, 7) is 21.2. The van der Waals surface area contributed by atoms with Gasteiger partial charge in [0.25, 0.3) is 0 Å². The molecule has 0 radical (unpaired) electrons. The Morgan fingerprint density at radius 2 is 1.13 bits per heavy atom. The van der Waals surface area contributed by atoms with Crippen LogP contribution in [0.2, 0.25) is 0 Å². The van der Waals surface area contributed by atoms with Crippen LogP contribution in [0.25, 0.3) is 33.4 Å². The highest BCUT2D eigenvalue weighted by Gasteiger charge is 2.47. The molecule has 5 heteroatoms. The van der Waals surface area contributed by atoms with Crippen molar-refractivity contribution in [2.45, 2.75) is 109 Å².